The third-order valence-corrected chi connectivity index (χ3v) is 1.79. The zero-order valence-electron chi connectivity index (χ0n) is 5.57. The van der Waals surface area contributed by atoms with Crippen LogP contribution >= 0.6 is 12.8 Å². The lowest BCUT2D eigenvalue weighted by molar-refractivity contribution is -0.121. The minimum absolute atomic E-state index is 0.166. The van der Waals surface area contributed by atoms with E-state index in [1.165, 1.54) is 4.90 Å². The van der Waals surface area contributed by atoms with Gasteiger partial charge in [0.2, 0.25) is 0 Å². The van der Waals surface area contributed by atoms with Crippen molar-refractivity contribution in [3.8, 4) is 0 Å². The average molecular weight is 160 g/mol. The number of carbonyl (C=O) groups excluding carboxylic acids is 2. The molecule has 0 N–H and O–H groups in total. The monoisotopic (exact) mass is 160 g/mol. The van der Waals surface area contributed by atoms with Crippen LogP contribution in [0.25, 0.3) is 0 Å². The number of likely N-dealkylation sites (N-methyl/N-ethyl adjacent to an activating group) is 1. The Morgan fingerprint density at radius 3 is 2.40 bits per heavy atom. The molecule has 0 unspecified atom stereocenters. The van der Waals surface area contributed by atoms with Gasteiger partial charge in [-0.05, 0) is 6.92 Å². The molecule has 1 aliphatic heterocycles. The Morgan fingerprint density at radius 2 is 2.20 bits per heavy atom. The zero-order chi connectivity index (χ0) is 7.72. The molecule has 0 radical (unpaired) electrons. The van der Waals surface area contributed by atoms with E-state index in [0.29, 0.717) is 6.54 Å². The summed E-state index contributed by atoms with van der Waals surface area (Å²) in [6.07, 6.45) is 0. The van der Waals surface area contributed by atoms with E-state index in [1.807, 2.05) is 6.92 Å². The molecule has 0 aromatic carbocycles. The van der Waals surface area contributed by atoms with E-state index in [9.17, 15) is 9.59 Å². The van der Waals surface area contributed by atoms with E-state index >= 15 is 0 Å². The Morgan fingerprint density at radius 1 is 1.60 bits per heavy atom. The van der Waals surface area contributed by atoms with Crippen LogP contribution < -0.4 is 0 Å². The first-order chi connectivity index (χ1) is 4.66. The number of thiol groups is 1. The molecule has 4 nitrogen and oxygen atoms in total. The van der Waals surface area contributed by atoms with Gasteiger partial charge in [0.05, 0.1) is 0 Å². The van der Waals surface area contributed by atoms with Crippen LogP contribution in [0.2, 0.25) is 0 Å². The van der Waals surface area contributed by atoms with Gasteiger partial charge in [0.25, 0.3) is 5.91 Å². The standard InChI is InChI=1S/C5H8N2O2S/c1-2-6-3-4(8)7(10)5(6)9/h10H,2-3H2,1H3. The average Bonchev–Trinajstić information content (AvgIpc) is 2.17. The Hall–Kier alpha value is -0.710. The lowest BCUT2D eigenvalue weighted by atomic mass is 10.6. The molecule has 0 aliphatic carbocycles. The molecular weight excluding hydrogens is 152 g/mol. The van der Waals surface area contributed by atoms with Crippen molar-refractivity contribution in [2.24, 2.45) is 0 Å². The number of amides is 3. The number of hydrogen-bond acceptors (Lipinski definition) is 3. The first kappa shape index (κ1) is 7.40. The Labute approximate surface area is 64.3 Å². The third kappa shape index (κ3) is 0.965. The predicted molar refractivity (Wildman–Crippen MR) is 38.5 cm³/mol. The van der Waals surface area contributed by atoms with Gasteiger partial charge in [-0.15, -0.1) is 0 Å². The summed E-state index contributed by atoms with van der Waals surface area (Å²) in [7, 11) is 0. The second kappa shape index (κ2) is 2.49. The number of rotatable bonds is 1. The van der Waals surface area contributed by atoms with Crippen LogP contribution in [0.3, 0.4) is 0 Å². The van der Waals surface area contributed by atoms with Crippen molar-refractivity contribution >= 4 is 24.8 Å². The highest BCUT2D eigenvalue weighted by atomic mass is 32.1. The van der Waals surface area contributed by atoms with E-state index in [4.69, 9.17) is 0 Å². The summed E-state index contributed by atoms with van der Waals surface area (Å²) in [4.78, 5) is 23.1. The summed E-state index contributed by atoms with van der Waals surface area (Å²) in [5.41, 5.74) is 0. The third-order valence-electron chi connectivity index (χ3n) is 1.40. The molecule has 0 aromatic rings. The lowest BCUT2D eigenvalue weighted by Gasteiger charge is -2.09. The minimum atomic E-state index is -0.323. The highest BCUT2D eigenvalue weighted by Gasteiger charge is 2.32. The molecule has 10 heavy (non-hydrogen) atoms. The zero-order valence-corrected chi connectivity index (χ0v) is 6.47. The van der Waals surface area contributed by atoms with Crippen LogP contribution in [0.4, 0.5) is 4.79 Å². The Balaban J connectivity index is 2.71. The van der Waals surface area contributed by atoms with Gasteiger partial charge >= 0.3 is 6.03 Å². The quantitative estimate of drug-likeness (QED) is 0.437. The van der Waals surface area contributed by atoms with Gasteiger partial charge in [-0.2, -0.15) is 0 Å². The Kier molecular flexibility index (Phi) is 1.85. The molecule has 0 atom stereocenters. The second-order valence-electron chi connectivity index (χ2n) is 2.00. The molecule has 1 fully saturated rings. The molecule has 0 aromatic heterocycles. The first-order valence-electron chi connectivity index (χ1n) is 2.97. The first-order valence-corrected chi connectivity index (χ1v) is 3.37. The molecule has 1 aliphatic rings. The van der Waals surface area contributed by atoms with Gasteiger partial charge in [0, 0.05) is 6.54 Å². The van der Waals surface area contributed by atoms with Gasteiger partial charge < -0.3 is 4.90 Å². The van der Waals surface area contributed by atoms with E-state index in [0.717, 1.165) is 4.31 Å². The smallest absolute Gasteiger partial charge is 0.314 e. The van der Waals surface area contributed by atoms with Gasteiger partial charge in [-0.3, -0.25) is 4.79 Å². The number of urea groups is 1. The maximum Gasteiger partial charge on any atom is 0.337 e. The normalized spacial score (nSPS) is 19.0. The second-order valence-corrected chi connectivity index (χ2v) is 2.40. The summed E-state index contributed by atoms with van der Waals surface area (Å²) in [6.45, 7) is 2.54. The summed E-state index contributed by atoms with van der Waals surface area (Å²) in [6, 6.07) is -0.323. The van der Waals surface area contributed by atoms with Gasteiger partial charge in [-0.1, -0.05) is 12.8 Å². The number of nitrogens with zero attached hydrogens (tertiary/aromatic N) is 2. The van der Waals surface area contributed by atoms with Crippen LogP contribution in [0, 0.1) is 0 Å². The van der Waals surface area contributed by atoms with E-state index < -0.39 is 0 Å². The van der Waals surface area contributed by atoms with E-state index in [-0.39, 0.29) is 18.5 Å². The van der Waals surface area contributed by atoms with Crippen LogP contribution in [0.5, 0.6) is 0 Å². The van der Waals surface area contributed by atoms with Crippen LogP contribution in [0.15, 0.2) is 0 Å². The molecule has 0 spiro atoms. The van der Waals surface area contributed by atoms with Crippen molar-refractivity contribution in [3.05, 3.63) is 0 Å². The predicted octanol–water partition coefficient (Wildman–Crippen LogP) is 0.115. The number of imide groups is 1. The molecule has 56 valence electrons. The van der Waals surface area contributed by atoms with Crippen LogP contribution in [-0.2, 0) is 4.79 Å². The molecule has 3 amide bonds. The highest BCUT2D eigenvalue weighted by molar-refractivity contribution is 7.79. The topological polar surface area (TPSA) is 40.6 Å². The molecular formula is C5H8N2O2S. The summed E-state index contributed by atoms with van der Waals surface area (Å²) in [5, 5.41) is 0. The van der Waals surface area contributed by atoms with Crippen molar-refractivity contribution in [2.75, 3.05) is 13.1 Å². The highest BCUT2D eigenvalue weighted by Crippen LogP contribution is 2.10. The molecule has 0 saturated carbocycles. The van der Waals surface area contributed by atoms with Crippen molar-refractivity contribution in [1.82, 2.24) is 9.21 Å². The fourth-order valence-corrected chi connectivity index (χ4v) is 0.975. The summed E-state index contributed by atoms with van der Waals surface area (Å²) in [5.74, 6) is -0.254. The van der Waals surface area contributed by atoms with Crippen molar-refractivity contribution in [1.29, 1.82) is 0 Å². The van der Waals surface area contributed by atoms with E-state index in [2.05, 4.69) is 12.8 Å². The van der Waals surface area contributed by atoms with Gasteiger partial charge in [-0.25, -0.2) is 9.10 Å². The molecule has 1 heterocycles. The largest absolute Gasteiger partial charge is 0.337 e. The lowest BCUT2D eigenvalue weighted by Crippen LogP contribution is -2.26. The fraction of sp³-hybridized carbons (Fsp3) is 0.600. The maximum absolute atomic E-state index is 10.9. The maximum atomic E-state index is 10.9. The number of carbonyl (C=O) groups is 2. The van der Waals surface area contributed by atoms with Crippen molar-refractivity contribution < 1.29 is 9.59 Å². The van der Waals surface area contributed by atoms with Crippen LogP contribution in [-0.4, -0.2) is 34.2 Å². The van der Waals surface area contributed by atoms with Crippen molar-refractivity contribution in [3.63, 3.8) is 0 Å². The number of hydrogen-bond donors (Lipinski definition) is 1. The van der Waals surface area contributed by atoms with E-state index in [1.54, 1.807) is 0 Å². The minimum Gasteiger partial charge on any atom is -0.314 e. The molecule has 5 heteroatoms. The SMILES string of the molecule is CCN1CC(=O)N(S)C1=O. The molecule has 1 saturated heterocycles. The summed E-state index contributed by atoms with van der Waals surface area (Å²) >= 11 is 3.69. The Bertz CT molecular complexity index is 182. The van der Waals surface area contributed by atoms with Gasteiger partial charge in [0.1, 0.15) is 6.54 Å². The molecule has 1 rings (SSSR count). The molecule has 0 bridgehead atoms. The van der Waals surface area contributed by atoms with Crippen LogP contribution in [0.1, 0.15) is 6.92 Å². The fourth-order valence-electron chi connectivity index (χ4n) is 0.786. The van der Waals surface area contributed by atoms with Crippen molar-refractivity contribution in [2.45, 2.75) is 6.92 Å². The van der Waals surface area contributed by atoms with Gasteiger partial charge in [0.15, 0.2) is 0 Å². The summed E-state index contributed by atoms with van der Waals surface area (Å²) < 4.78 is 0.837.